The summed E-state index contributed by atoms with van der Waals surface area (Å²) >= 11 is 12.6. The molecule has 0 spiro atoms. The van der Waals surface area contributed by atoms with E-state index < -0.39 is 4.92 Å². The van der Waals surface area contributed by atoms with Crippen LogP contribution in [0, 0.1) is 10.1 Å². The van der Waals surface area contributed by atoms with Gasteiger partial charge in [0, 0.05) is 16.6 Å². The van der Waals surface area contributed by atoms with Crippen LogP contribution in [0.4, 0.5) is 5.69 Å². The molecule has 0 atom stereocenters. The Morgan fingerprint density at radius 2 is 1.84 bits per heavy atom. The fraction of sp³-hybridized carbons (Fsp3) is 0. The van der Waals surface area contributed by atoms with Gasteiger partial charge in [-0.15, -0.1) is 0 Å². The maximum Gasteiger partial charge on any atom is 0.270 e. The Hall–Kier alpha value is -1.11. The molecule has 0 unspecified atom stereocenters. The van der Waals surface area contributed by atoms with E-state index in [1.54, 1.807) is 18.2 Å². The van der Waals surface area contributed by atoms with Crippen LogP contribution in [0.2, 0.25) is 5.02 Å². The maximum atomic E-state index is 10.6. The van der Waals surface area contributed by atoms with Crippen LogP contribution < -0.4 is 4.74 Å². The summed E-state index contributed by atoms with van der Waals surface area (Å²) in [5.41, 5.74) is -0.0143. The molecule has 2 aromatic carbocycles. The first-order valence-corrected chi connectivity index (χ1v) is 7.00. The average molecular weight is 407 g/mol. The predicted molar refractivity (Wildman–Crippen MR) is 80.0 cm³/mol. The van der Waals surface area contributed by atoms with Crippen LogP contribution in [0.3, 0.4) is 0 Å². The molecule has 0 fully saturated rings. The van der Waals surface area contributed by atoms with Gasteiger partial charge >= 0.3 is 0 Å². The van der Waals surface area contributed by atoms with E-state index in [1.165, 1.54) is 18.2 Å². The summed E-state index contributed by atoms with van der Waals surface area (Å²) in [6, 6.07) is 9.46. The van der Waals surface area contributed by atoms with Crippen molar-refractivity contribution in [3.8, 4) is 11.5 Å². The van der Waals surface area contributed by atoms with Crippen molar-refractivity contribution >= 4 is 49.1 Å². The second-order valence-electron chi connectivity index (χ2n) is 3.55. The van der Waals surface area contributed by atoms with Crippen LogP contribution in [-0.2, 0) is 0 Å². The first-order chi connectivity index (χ1) is 8.97. The number of halogens is 3. The lowest BCUT2D eigenvalue weighted by Crippen LogP contribution is -1.90. The Morgan fingerprint density at radius 1 is 1.11 bits per heavy atom. The molecule has 0 saturated carbocycles. The zero-order chi connectivity index (χ0) is 14.0. The largest absolute Gasteiger partial charge is 0.455 e. The van der Waals surface area contributed by atoms with E-state index >= 15 is 0 Å². The predicted octanol–water partition coefficient (Wildman–Crippen LogP) is 5.57. The zero-order valence-corrected chi connectivity index (χ0v) is 13.2. The second kappa shape index (κ2) is 5.90. The van der Waals surface area contributed by atoms with Crippen molar-refractivity contribution in [1.82, 2.24) is 0 Å². The first kappa shape index (κ1) is 14.3. The van der Waals surface area contributed by atoms with Crippen molar-refractivity contribution in [2.45, 2.75) is 0 Å². The molecule has 0 radical (unpaired) electrons. The highest BCUT2D eigenvalue weighted by molar-refractivity contribution is 9.10. The van der Waals surface area contributed by atoms with Crippen molar-refractivity contribution in [1.29, 1.82) is 0 Å². The average Bonchev–Trinajstić information content (AvgIpc) is 2.36. The van der Waals surface area contributed by atoms with Crippen molar-refractivity contribution in [3.63, 3.8) is 0 Å². The lowest BCUT2D eigenvalue weighted by molar-refractivity contribution is -0.384. The van der Waals surface area contributed by atoms with Crippen molar-refractivity contribution in [2.24, 2.45) is 0 Å². The molecule has 2 rings (SSSR count). The Kier molecular flexibility index (Phi) is 4.44. The minimum absolute atomic E-state index is 0.0143. The number of rotatable bonds is 3. The first-order valence-electron chi connectivity index (χ1n) is 5.04. The number of hydrogen-bond donors (Lipinski definition) is 0. The summed E-state index contributed by atoms with van der Waals surface area (Å²) in [5.74, 6) is 0.913. The molecular formula is C12H6Br2ClNO3. The Balaban J connectivity index is 2.33. The van der Waals surface area contributed by atoms with E-state index in [9.17, 15) is 10.1 Å². The molecule has 7 heteroatoms. The molecular weight excluding hydrogens is 401 g/mol. The number of benzene rings is 2. The normalized spacial score (nSPS) is 10.3. The van der Waals surface area contributed by atoms with E-state index in [-0.39, 0.29) is 5.69 Å². The van der Waals surface area contributed by atoms with E-state index in [4.69, 9.17) is 16.3 Å². The van der Waals surface area contributed by atoms with Crippen LogP contribution in [-0.4, -0.2) is 4.92 Å². The smallest absolute Gasteiger partial charge is 0.270 e. The van der Waals surface area contributed by atoms with E-state index in [2.05, 4.69) is 31.9 Å². The van der Waals surface area contributed by atoms with Gasteiger partial charge in [-0.05, 0) is 40.2 Å². The van der Waals surface area contributed by atoms with E-state index in [0.29, 0.717) is 21.0 Å². The third kappa shape index (κ3) is 3.46. The summed E-state index contributed by atoms with van der Waals surface area (Å²) in [6.07, 6.45) is 0. The summed E-state index contributed by atoms with van der Waals surface area (Å²) in [6.45, 7) is 0. The molecule has 0 aromatic heterocycles. The van der Waals surface area contributed by atoms with E-state index in [1.807, 2.05) is 0 Å². The molecule has 0 N–H and O–H groups in total. The van der Waals surface area contributed by atoms with Crippen molar-refractivity contribution < 1.29 is 9.66 Å². The SMILES string of the molecule is O=[N+]([O-])c1ccc(Oc2cc(Br)ccc2Cl)c(Br)c1. The highest BCUT2D eigenvalue weighted by Crippen LogP contribution is 2.36. The van der Waals surface area contributed by atoms with Gasteiger partial charge in [0.05, 0.1) is 14.4 Å². The molecule has 19 heavy (non-hydrogen) atoms. The molecule has 98 valence electrons. The minimum Gasteiger partial charge on any atom is -0.455 e. The van der Waals surface area contributed by atoms with Gasteiger partial charge < -0.3 is 4.74 Å². The minimum atomic E-state index is -0.472. The van der Waals surface area contributed by atoms with Gasteiger partial charge in [-0.2, -0.15) is 0 Å². The van der Waals surface area contributed by atoms with Crippen molar-refractivity contribution in [3.05, 3.63) is 60.5 Å². The standard InChI is InChI=1S/C12H6Br2ClNO3/c13-7-1-3-10(15)12(5-7)19-11-4-2-8(16(17)18)6-9(11)14/h1-6H. The molecule has 0 heterocycles. The van der Waals surface area contributed by atoms with E-state index in [0.717, 1.165) is 4.47 Å². The van der Waals surface area contributed by atoms with Crippen molar-refractivity contribution in [2.75, 3.05) is 0 Å². The van der Waals surface area contributed by atoms with Gasteiger partial charge in [0.15, 0.2) is 0 Å². The topological polar surface area (TPSA) is 52.4 Å². The van der Waals surface area contributed by atoms with Gasteiger partial charge in [0.25, 0.3) is 5.69 Å². The molecule has 0 amide bonds. The number of hydrogen-bond acceptors (Lipinski definition) is 3. The number of nitro benzene ring substituents is 1. The molecule has 4 nitrogen and oxygen atoms in total. The van der Waals surface area contributed by atoms with Gasteiger partial charge in [-0.25, -0.2) is 0 Å². The highest BCUT2D eigenvalue weighted by atomic mass is 79.9. The Labute approximate surface area is 130 Å². The Morgan fingerprint density at radius 3 is 2.47 bits per heavy atom. The van der Waals surface area contributed by atoms with Crippen LogP contribution in [0.5, 0.6) is 11.5 Å². The zero-order valence-electron chi connectivity index (χ0n) is 9.27. The maximum absolute atomic E-state index is 10.6. The van der Waals surface area contributed by atoms with Crippen LogP contribution in [0.1, 0.15) is 0 Å². The third-order valence-corrected chi connectivity index (χ3v) is 3.66. The number of ether oxygens (including phenoxy) is 1. The quantitative estimate of drug-likeness (QED) is 0.494. The number of nitro groups is 1. The molecule has 2 aromatic rings. The van der Waals surface area contributed by atoms with Gasteiger partial charge in [0.2, 0.25) is 0 Å². The molecule has 0 aliphatic carbocycles. The number of non-ortho nitro benzene ring substituents is 1. The molecule has 0 saturated heterocycles. The Bertz CT molecular complexity index is 649. The lowest BCUT2D eigenvalue weighted by Gasteiger charge is -2.09. The number of nitrogens with zero attached hydrogens (tertiary/aromatic N) is 1. The van der Waals surface area contributed by atoms with Gasteiger partial charge in [0.1, 0.15) is 11.5 Å². The molecule has 0 bridgehead atoms. The summed E-state index contributed by atoms with van der Waals surface area (Å²) in [4.78, 5) is 10.2. The van der Waals surface area contributed by atoms with Crippen LogP contribution in [0.25, 0.3) is 0 Å². The van der Waals surface area contributed by atoms with Crippen LogP contribution >= 0.6 is 43.5 Å². The fourth-order valence-corrected chi connectivity index (χ4v) is 2.30. The summed E-state index contributed by atoms with van der Waals surface area (Å²) in [7, 11) is 0. The molecule has 0 aliphatic heterocycles. The van der Waals surface area contributed by atoms with Gasteiger partial charge in [-0.1, -0.05) is 27.5 Å². The highest BCUT2D eigenvalue weighted by Gasteiger charge is 2.12. The summed E-state index contributed by atoms with van der Waals surface area (Å²) in [5, 5.41) is 11.1. The second-order valence-corrected chi connectivity index (χ2v) is 5.73. The van der Waals surface area contributed by atoms with Crippen LogP contribution in [0.15, 0.2) is 45.3 Å². The fourth-order valence-electron chi connectivity index (χ4n) is 1.36. The summed E-state index contributed by atoms with van der Waals surface area (Å²) < 4.78 is 6.93. The molecule has 0 aliphatic rings. The third-order valence-electron chi connectivity index (χ3n) is 2.24. The lowest BCUT2D eigenvalue weighted by atomic mass is 10.3. The van der Waals surface area contributed by atoms with Gasteiger partial charge in [-0.3, -0.25) is 10.1 Å². The monoisotopic (exact) mass is 405 g/mol.